The SMILES string of the molecule is CCSc1cc2ccccc2c2c1op(Oc1cccc(Op3oc4c(SCC)cc5ccccc5c4c4c(o3)c(SCC)cc3ccccc34)c1)oc1c(SCC)cc3ccccc3c12. The van der Waals surface area contributed by atoms with Gasteiger partial charge < -0.3 is 25.8 Å². The van der Waals surface area contributed by atoms with E-state index < -0.39 is 16.5 Å². The van der Waals surface area contributed by atoms with Gasteiger partial charge >= 0.3 is 16.5 Å². The van der Waals surface area contributed by atoms with Gasteiger partial charge in [0.2, 0.25) is 0 Å². The molecule has 0 atom stereocenters. The molecule has 330 valence electrons. The summed E-state index contributed by atoms with van der Waals surface area (Å²) in [4.78, 5) is 4.17. The summed E-state index contributed by atoms with van der Waals surface area (Å²) in [5.41, 5.74) is 3.07. The van der Waals surface area contributed by atoms with E-state index >= 15 is 0 Å². The van der Waals surface area contributed by atoms with Gasteiger partial charge in [-0.15, -0.1) is 47.0 Å². The van der Waals surface area contributed by atoms with Crippen LogP contribution in [0.1, 0.15) is 27.7 Å². The smallest absolute Gasteiger partial charge is 0.391 e. The van der Waals surface area contributed by atoms with Crippen LogP contribution in [0, 0.1) is 0 Å². The molecular formula is C54H44O6P2S4. The summed E-state index contributed by atoms with van der Waals surface area (Å²) in [6.45, 7) is 8.67. The maximum atomic E-state index is 7.04. The van der Waals surface area contributed by atoms with Gasteiger partial charge in [0.05, 0.1) is 19.6 Å². The van der Waals surface area contributed by atoms with Crippen molar-refractivity contribution in [2.24, 2.45) is 0 Å². The molecule has 0 amide bonds. The second-order valence-electron chi connectivity index (χ2n) is 15.4. The Morgan fingerprint density at radius 1 is 0.348 bits per heavy atom. The summed E-state index contributed by atoms with van der Waals surface area (Å²) in [7, 11) is -4.03. The zero-order valence-electron chi connectivity index (χ0n) is 36.7. The number of fused-ring (bicyclic) bond motifs is 14. The van der Waals surface area contributed by atoms with Crippen molar-refractivity contribution in [3.05, 3.63) is 146 Å². The molecule has 66 heavy (non-hydrogen) atoms. The summed E-state index contributed by atoms with van der Waals surface area (Å²) in [5.74, 6) is 4.56. The molecule has 9 aromatic carbocycles. The summed E-state index contributed by atoms with van der Waals surface area (Å²) in [5, 5.41) is 13.1. The van der Waals surface area contributed by atoms with Crippen LogP contribution < -0.4 is 9.05 Å². The predicted octanol–water partition coefficient (Wildman–Crippen LogP) is 19.6. The Morgan fingerprint density at radius 2 is 0.621 bits per heavy atom. The van der Waals surface area contributed by atoms with Crippen LogP contribution in [0.3, 0.4) is 0 Å². The molecule has 0 saturated carbocycles. The number of thioether (sulfide) groups is 4. The van der Waals surface area contributed by atoms with Crippen molar-refractivity contribution in [2.45, 2.75) is 47.3 Å². The third-order valence-corrected chi connectivity index (χ3v) is 17.1. The number of benzene rings is 9. The molecule has 0 aliphatic heterocycles. The van der Waals surface area contributed by atoms with Crippen molar-refractivity contribution in [3.8, 4) is 11.5 Å². The molecule has 11 rings (SSSR count). The van der Waals surface area contributed by atoms with E-state index in [-0.39, 0.29) is 0 Å². The maximum Gasteiger partial charge on any atom is 0.453 e. The first-order valence-corrected chi connectivity index (χ1v) is 28.2. The van der Waals surface area contributed by atoms with Gasteiger partial charge in [-0.05, 0) is 102 Å². The average Bonchev–Trinajstić information content (AvgIpc) is 3.62. The first-order chi connectivity index (χ1) is 32.5. The molecule has 0 radical (unpaired) electrons. The number of rotatable bonds is 12. The fraction of sp³-hybridized carbons (Fsp3) is 0.148. The molecular weight excluding hydrogens is 935 g/mol. The van der Waals surface area contributed by atoms with Crippen LogP contribution in [-0.4, -0.2) is 23.0 Å². The van der Waals surface area contributed by atoms with Gasteiger partial charge in [-0.1, -0.05) is 131 Å². The highest BCUT2D eigenvalue weighted by Crippen LogP contribution is 2.50. The van der Waals surface area contributed by atoms with Crippen molar-refractivity contribution >= 4 is 150 Å². The lowest BCUT2D eigenvalue weighted by Gasteiger charge is -2.10. The first kappa shape index (κ1) is 43.4. The Morgan fingerprint density at radius 3 is 0.894 bits per heavy atom. The average molecular weight is 979 g/mol. The van der Waals surface area contributed by atoms with E-state index in [1.807, 2.05) is 24.3 Å². The summed E-state index contributed by atoms with van der Waals surface area (Å²) in [6.07, 6.45) is 0. The Kier molecular flexibility index (Phi) is 12.4. The van der Waals surface area contributed by atoms with Crippen LogP contribution in [0.4, 0.5) is 0 Å². The Hall–Kier alpha value is -5.18. The van der Waals surface area contributed by atoms with E-state index in [1.54, 1.807) is 47.0 Å². The van der Waals surface area contributed by atoms with Crippen LogP contribution >= 0.6 is 63.5 Å². The van der Waals surface area contributed by atoms with Crippen molar-refractivity contribution < 1.29 is 25.8 Å². The van der Waals surface area contributed by atoms with Crippen LogP contribution in [-0.2, 0) is 0 Å². The third-order valence-electron chi connectivity index (χ3n) is 11.4. The minimum atomic E-state index is -2.01. The highest BCUT2D eigenvalue weighted by Gasteiger charge is 2.22. The van der Waals surface area contributed by atoms with Crippen molar-refractivity contribution in [2.75, 3.05) is 23.0 Å². The van der Waals surface area contributed by atoms with Gasteiger partial charge in [0.25, 0.3) is 0 Å². The fourth-order valence-corrected chi connectivity index (χ4v) is 14.4. The Bertz CT molecular complexity index is 3300. The molecule has 0 aliphatic carbocycles. The van der Waals surface area contributed by atoms with E-state index in [0.29, 0.717) is 11.5 Å². The normalized spacial score (nSPS) is 11.8. The van der Waals surface area contributed by atoms with Gasteiger partial charge in [-0.2, -0.15) is 0 Å². The van der Waals surface area contributed by atoms with Gasteiger partial charge in [0.15, 0.2) is 22.3 Å². The molecule has 0 N–H and O–H groups in total. The van der Waals surface area contributed by atoms with Gasteiger partial charge in [0, 0.05) is 27.6 Å². The molecule has 0 unspecified atom stereocenters. The number of hydrogen-bond donors (Lipinski definition) is 0. The zero-order valence-corrected chi connectivity index (χ0v) is 41.7. The minimum absolute atomic E-state index is 0.534. The van der Waals surface area contributed by atoms with E-state index in [0.717, 1.165) is 130 Å². The molecule has 11 aromatic rings. The predicted molar refractivity (Wildman–Crippen MR) is 287 cm³/mol. The molecule has 2 heterocycles. The molecule has 0 saturated heterocycles. The molecule has 2 aromatic heterocycles. The van der Waals surface area contributed by atoms with Crippen LogP contribution in [0.25, 0.3) is 87.0 Å². The lowest BCUT2D eigenvalue weighted by molar-refractivity contribution is 0.483. The topological polar surface area (TPSA) is 71.0 Å². The van der Waals surface area contributed by atoms with Gasteiger partial charge in [-0.3, -0.25) is 0 Å². The van der Waals surface area contributed by atoms with E-state index in [4.69, 9.17) is 25.8 Å². The molecule has 6 nitrogen and oxygen atoms in total. The quantitative estimate of drug-likeness (QED) is 0.111. The lowest BCUT2D eigenvalue weighted by Crippen LogP contribution is -1.85. The number of hydrogen-bond acceptors (Lipinski definition) is 10. The van der Waals surface area contributed by atoms with E-state index in [1.165, 1.54) is 0 Å². The lowest BCUT2D eigenvalue weighted by atomic mass is 9.98. The Balaban J connectivity index is 1.12. The minimum Gasteiger partial charge on any atom is -0.391 e. The van der Waals surface area contributed by atoms with Crippen LogP contribution in [0.2, 0.25) is 0 Å². The van der Waals surface area contributed by atoms with Crippen molar-refractivity contribution in [1.82, 2.24) is 0 Å². The summed E-state index contributed by atoms with van der Waals surface area (Å²) >= 11 is 7.04. The van der Waals surface area contributed by atoms with E-state index in [9.17, 15) is 0 Å². The second kappa shape index (κ2) is 18.8. The molecule has 0 fully saturated rings. The van der Waals surface area contributed by atoms with Gasteiger partial charge in [0.1, 0.15) is 11.5 Å². The van der Waals surface area contributed by atoms with Gasteiger partial charge in [-0.25, -0.2) is 0 Å². The van der Waals surface area contributed by atoms with Crippen molar-refractivity contribution in [3.63, 3.8) is 0 Å². The first-order valence-electron chi connectivity index (χ1n) is 22.1. The molecule has 0 spiro atoms. The third kappa shape index (κ3) is 8.00. The maximum absolute atomic E-state index is 7.04. The zero-order chi connectivity index (χ0) is 44.7. The highest BCUT2D eigenvalue weighted by molar-refractivity contribution is 8.00. The van der Waals surface area contributed by atoms with Crippen molar-refractivity contribution in [1.29, 1.82) is 0 Å². The van der Waals surface area contributed by atoms with E-state index in [2.05, 4.69) is 149 Å². The molecule has 12 heteroatoms. The standard InChI is InChI=1S/C54H44O6P2S4/c1-5-63-43-28-33-18-9-13-24-39(33)47-48-40-25-14-10-19-34(40)29-44(64-6-2)52(48)58-61(57-51(43)47)55-37-22-17-23-38(32-37)56-62-59-53-45(65-7-3)30-35-20-11-15-26-41(35)49(53)50-42-27-16-12-21-36(42)31-46(66-8-4)54(50)60-62/h9-32H,5-8H2,1-4H3. The highest BCUT2D eigenvalue weighted by atomic mass is 32.2. The van der Waals surface area contributed by atoms with Crippen LogP contribution in [0.5, 0.6) is 11.5 Å². The fourth-order valence-electron chi connectivity index (χ4n) is 8.79. The molecule has 0 aliphatic rings. The largest absolute Gasteiger partial charge is 0.453 e. The monoisotopic (exact) mass is 978 g/mol. The summed E-state index contributed by atoms with van der Waals surface area (Å²) in [6, 6.07) is 50.7. The Labute approximate surface area is 401 Å². The summed E-state index contributed by atoms with van der Waals surface area (Å²) < 4.78 is 41.9. The second-order valence-corrected chi connectivity index (χ2v) is 22.6. The van der Waals surface area contributed by atoms with Crippen LogP contribution in [0.15, 0.2) is 182 Å². The molecule has 0 bridgehead atoms.